The summed E-state index contributed by atoms with van der Waals surface area (Å²) < 4.78 is 5.79. The number of ether oxygens (including phenoxy) is 1. The summed E-state index contributed by atoms with van der Waals surface area (Å²) in [7, 11) is 0. The minimum absolute atomic E-state index is 0.577. The molecule has 0 aromatic carbocycles. The fourth-order valence-electron chi connectivity index (χ4n) is 2.33. The number of hydrogen-bond acceptors (Lipinski definition) is 2. The lowest BCUT2D eigenvalue weighted by atomic mass is 10.2. The molecule has 0 aliphatic heterocycles. The molecular formula is C12H23NO. The summed E-state index contributed by atoms with van der Waals surface area (Å²) in [5, 5.41) is 3.54. The van der Waals surface area contributed by atoms with Gasteiger partial charge < -0.3 is 10.1 Å². The quantitative estimate of drug-likeness (QED) is 0.660. The highest BCUT2D eigenvalue weighted by Gasteiger charge is 2.27. The summed E-state index contributed by atoms with van der Waals surface area (Å²) >= 11 is 0. The first-order valence-electron chi connectivity index (χ1n) is 6.21. The second kappa shape index (κ2) is 5.13. The molecule has 2 aliphatic rings. The summed E-state index contributed by atoms with van der Waals surface area (Å²) in [6.07, 6.45) is 8.76. The normalized spacial score (nSPS) is 25.5. The number of nitrogens with one attached hydrogen (secondary N) is 1. The van der Waals surface area contributed by atoms with Crippen molar-refractivity contribution in [3.8, 4) is 0 Å². The Kier molecular flexibility index (Phi) is 3.82. The molecular weight excluding hydrogens is 174 g/mol. The molecule has 2 heteroatoms. The zero-order valence-corrected chi connectivity index (χ0v) is 9.30. The molecule has 0 bridgehead atoms. The SMILES string of the molecule is CC(NCCOC1CCCC1)C1CC1. The molecule has 0 amide bonds. The molecule has 82 valence electrons. The second-order valence-electron chi connectivity index (χ2n) is 4.86. The largest absolute Gasteiger partial charge is 0.377 e. The van der Waals surface area contributed by atoms with Crippen LogP contribution in [-0.2, 0) is 4.74 Å². The Morgan fingerprint density at radius 1 is 1.21 bits per heavy atom. The van der Waals surface area contributed by atoms with Gasteiger partial charge in [-0.3, -0.25) is 0 Å². The van der Waals surface area contributed by atoms with Crippen LogP contribution in [0.15, 0.2) is 0 Å². The van der Waals surface area contributed by atoms with Gasteiger partial charge in [0.15, 0.2) is 0 Å². The van der Waals surface area contributed by atoms with Crippen molar-refractivity contribution in [2.45, 2.75) is 57.6 Å². The van der Waals surface area contributed by atoms with E-state index in [-0.39, 0.29) is 0 Å². The maximum Gasteiger partial charge on any atom is 0.0594 e. The van der Waals surface area contributed by atoms with E-state index in [1.807, 2.05) is 0 Å². The van der Waals surface area contributed by atoms with Crippen LogP contribution in [0.5, 0.6) is 0 Å². The van der Waals surface area contributed by atoms with Gasteiger partial charge in [-0.05, 0) is 38.5 Å². The lowest BCUT2D eigenvalue weighted by Gasteiger charge is -2.15. The number of hydrogen-bond donors (Lipinski definition) is 1. The lowest BCUT2D eigenvalue weighted by Crippen LogP contribution is -2.31. The zero-order chi connectivity index (χ0) is 9.80. The molecule has 0 spiro atoms. The fraction of sp³-hybridized carbons (Fsp3) is 1.00. The average molecular weight is 197 g/mol. The van der Waals surface area contributed by atoms with Crippen LogP contribution in [-0.4, -0.2) is 25.3 Å². The van der Waals surface area contributed by atoms with E-state index >= 15 is 0 Å². The van der Waals surface area contributed by atoms with Gasteiger partial charge in [0.1, 0.15) is 0 Å². The third-order valence-corrected chi connectivity index (χ3v) is 3.55. The van der Waals surface area contributed by atoms with Gasteiger partial charge in [0.25, 0.3) is 0 Å². The minimum atomic E-state index is 0.577. The van der Waals surface area contributed by atoms with Crippen LogP contribution in [0.4, 0.5) is 0 Å². The minimum Gasteiger partial charge on any atom is -0.377 e. The molecule has 2 aliphatic carbocycles. The van der Waals surface area contributed by atoms with Gasteiger partial charge in [-0.2, -0.15) is 0 Å². The Morgan fingerprint density at radius 2 is 1.93 bits per heavy atom. The second-order valence-corrected chi connectivity index (χ2v) is 4.86. The molecule has 0 aromatic rings. The third-order valence-electron chi connectivity index (χ3n) is 3.55. The smallest absolute Gasteiger partial charge is 0.0594 e. The maximum absolute atomic E-state index is 5.79. The van der Waals surface area contributed by atoms with Crippen LogP contribution in [0, 0.1) is 5.92 Å². The first kappa shape index (κ1) is 10.4. The predicted molar refractivity (Wildman–Crippen MR) is 58.4 cm³/mol. The lowest BCUT2D eigenvalue weighted by molar-refractivity contribution is 0.0590. The molecule has 1 N–H and O–H groups in total. The van der Waals surface area contributed by atoms with Crippen molar-refractivity contribution in [2.75, 3.05) is 13.2 Å². The fourth-order valence-corrected chi connectivity index (χ4v) is 2.33. The standard InChI is InChI=1S/C12H23NO/c1-10(11-6-7-11)13-8-9-14-12-4-2-3-5-12/h10-13H,2-9H2,1H3. The highest BCUT2D eigenvalue weighted by Crippen LogP contribution is 2.32. The Hall–Kier alpha value is -0.0800. The van der Waals surface area contributed by atoms with Crippen LogP contribution in [0.3, 0.4) is 0 Å². The zero-order valence-electron chi connectivity index (χ0n) is 9.30. The molecule has 2 saturated carbocycles. The maximum atomic E-state index is 5.79. The van der Waals surface area contributed by atoms with Crippen LogP contribution in [0.25, 0.3) is 0 Å². The summed E-state index contributed by atoms with van der Waals surface area (Å²) in [5.41, 5.74) is 0. The van der Waals surface area contributed by atoms with Crippen molar-refractivity contribution in [2.24, 2.45) is 5.92 Å². The van der Waals surface area contributed by atoms with Crippen LogP contribution < -0.4 is 5.32 Å². The average Bonchev–Trinajstić information content (AvgIpc) is 2.92. The molecule has 2 nitrogen and oxygen atoms in total. The predicted octanol–water partition coefficient (Wildman–Crippen LogP) is 2.33. The first-order valence-corrected chi connectivity index (χ1v) is 6.21. The van der Waals surface area contributed by atoms with E-state index in [1.54, 1.807) is 0 Å². The Balaban J connectivity index is 1.46. The van der Waals surface area contributed by atoms with Gasteiger partial charge in [-0.1, -0.05) is 12.8 Å². The van der Waals surface area contributed by atoms with Gasteiger partial charge in [0.05, 0.1) is 12.7 Å². The van der Waals surface area contributed by atoms with E-state index in [9.17, 15) is 0 Å². The Bertz CT molecular complexity index is 158. The van der Waals surface area contributed by atoms with E-state index < -0.39 is 0 Å². The van der Waals surface area contributed by atoms with E-state index in [0.717, 1.165) is 19.1 Å². The monoisotopic (exact) mass is 197 g/mol. The van der Waals surface area contributed by atoms with Gasteiger partial charge >= 0.3 is 0 Å². The molecule has 0 saturated heterocycles. The topological polar surface area (TPSA) is 21.3 Å². The summed E-state index contributed by atoms with van der Waals surface area (Å²) in [6, 6.07) is 0.710. The van der Waals surface area contributed by atoms with Crippen molar-refractivity contribution < 1.29 is 4.74 Å². The van der Waals surface area contributed by atoms with E-state index in [1.165, 1.54) is 38.5 Å². The van der Waals surface area contributed by atoms with E-state index in [0.29, 0.717) is 12.1 Å². The highest BCUT2D eigenvalue weighted by molar-refractivity contribution is 4.83. The first-order chi connectivity index (χ1) is 6.86. The Labute approximate surface area is 87.4 Å². The molecule has 1 unspecified atom stereocenters. The molecule has 0 radical (unpaired) electrons. The van der Waals surface area contributed by atoms with Gasteiger partial charge in [-0.25, -0.2) is 0 Å². The van der Waals surface area contributed by atoms with Gasteiger partial charge in [0, 0.05) is 12.6 Å². The van der Waals surface area contributed by atoms with E-state index in [2.05, 4.69) is 12.2 Å². The molecule has 0 aromatic heterocycles. The van der Waals surface area contributed by atoms with Crippen LogP contribution >= 0.6 is 0 Å². The molecule has 1 atom stereocenters. The van der Waals surface area contributed by atoms with Crippen molar-refractivity contribution in [3.63, 3.8) is 0 Å². The highest BCUT2D eigenvalue weighted by atomic mass is 16.5. The summed E-state index contributed by atoms with van der Waals surface area (Å²) in [6.45, 7) is 4.24. The molecule has 14 heavy (non-hydrogen) atoms. The van der Waals surface area contributed by atoms with Gasteiger partial charge in [0.2, 0.25) is 0 Å². The molecule has 2 rings (SSSR count). The third kappa shape index (κ3) is 3.25. The molecule has 2 fully saturated rings. The number of rotatable bonds is 6. The van der Waals surface area contributed by atoms with Crippen molar-refractivity contribution >= 4 is 0 Å². The van der Waals surface area contributed by atoms with Crippen LogP contribution in [0.2, 0.25) is 0 Å². The van der Waals surface area contributed by atoms with Crippen molar-refractivity contribution in [1.29, 1.82) is 0 Å². The van der Waals surface area contributed by atoms with Crippen LogP contribution in [0.1, 0.15) is 45.4 Å². The van der Waals surface area contributed by atoms with Crippen molar-refractivity contribution in [3.05, 3.63) is 0 Å². The molecule has 0 heterocycles. The summed E-state index contributed by atoms with van der Waals surface area (Å²) in [5.74, 6) is 0.960. The Morgan fingerprint density at radius 3 is 2.57 bits per heavy atom. The van der Waals surface area contributed by atoms with Gasteiger partial charge in [-0.15, -0.1) is 0 Å². The van der Waals surface area contributed by atoms with E-state index in [4.69, 9.17) is 4.74 Å². The van der Waals surface area contributed by atoms with Crippen molar-refractivity contribution in [1.82, 2.24) is 5.32 Å². The summed E-state index contributed by atoms with van der Waals surface area (Å²) in [4.78, 5) is 0.